The van der Waals surface area contributed by atoms with Crippen LogP contribution in [-0.4, -0.2) is 23.4 Å². The van der Waals surface area contributed by atoms with E-state index in [0.29, 0.717) is 5.56 Å². The van der Waals surface area contributed by atoms with E-state index >= 15 is 0 Å². The molecule has 1 atom stereocenters. The second-order valence-electron chi connectivity index (χ2n) is 5.02. The van der Waals surface area contributed by atoms with E-state index in [1.165, 1.54) is 18.5 Å². The van der Waals surface area contributed by atoms with Crippen LogP contribution in [0.1, 0.15) is 11.1 Å². The zero-order valence-corrected chi connectivity index (χ0v) is 15.8. The average molecular weight is 458 g/mol. The Morgan fingerprint density at radius 2 is 1.84 bits per heavy atom. The van der Waals surface area contributed by atoms with E-state index in [4.69, 9.17) is 11.6 Å². The first-order valence-electron chi connectivity index (χ1n) is 6.94. The molecule has 0 saturated heterocycles. The summed E-state index contributed by atoms with van der Waals surface area (Å²) in [5.41, 5.74) is -0.488. The number of benzene rings is 1. The van der Waals surface area contributed by atoms with Crippen LogP contribution in [0.2, 0.25) is 0 Å². The number of sulfonamides is 1. The number of nitrogens with zero attached hydrogens (tertiary/aromatic N) is 2. The Balaban J connectivity index is 2.52. The summed E-state index contributed by atoms with van der Waals surface area (Å²) < 4.78 is 63.8. The lowest BCUT2D eigenvalue weighted by Gasteiger charge is -2.27. The van der Waals surface area contributed by atoms with Crippen LogP contribution in [0, 0.1) is 0 Å². The Morgan fingerprint density at radius 1 is 1.20 bits per heavy atom. The van der Waals surface area contributed by atoms with Gasteiger partial charge in [0.25, 0.3) is 10.0 Å². The van der Waals surface area contributed by atoms with Crippen molar-refractivity contribution in [1.82, 2.24) is 4.98 Å². The normalized spacial score (nSPS) is 13.5. The van der Waals surface area contributed by atoms with Crippen LogP contribution in [0.25, 0.3) is 0 Å². The smallest absolute Gasteiger partial charge is 0.265 e. The molecule has 0 radical (unpaired) electrons. The van der Waals surface area contributed by atoms with Gasteiger partial charge in [-0.15, -0.1) is 11.6 Å². The maximum Gasteiger partial charge on any atom is 0.416 e. The zero-order valence-electron chi connectivity index (χ0n) is 12.6. The highest BCUT2D eigenvalue weighted by atomic mass is 79.9. The molecule has 0 aliphatic carbocycles. The van der Waals surface area contributed by atoms with Crippen LogP contribution in [-0.2, 0) is 22.7 Å². The highest BCUT2D eigenvalue weighted by Gasteiger charge is 2.34. The molecule has 1 heterocycles. The number of rotatable bonds is 6. The highest BCUT2D eigenvalue weighted by molar-refractivity contribution is 9.09. The topological polar surface area (TPSA) is 50.3 Å². The number of anilines is 1. The summed E-state index contributed by atoms with van der Waals surface area (Å²) in [4.78, 5) is 3.83. The number of hydrogen-bond donors (Lipinski definition) is 0. The van der Waals surface area contributed by atoms with Crippen LogP contribution in [0.5, 0.6) is 0 Å². The summed E-state index contributed by atoms with van der Waals surface area (Å²) in [6.45, 7) is -0.164. The van der Waals surface area contributed by atoms with Crippen LogP contribution >= 0.6 is 27.5 Å². The lowest BCUT2D eigenvalue weighted by atomic mass is 10.2. The molecule has 0 aliphatic rings. The Labute approximate surface area is 156 Å². The molecule has 25 heavy (non-hydrogen) atoms. The molecular formula is C15H13BrClF3N2O2S. The first-order chi connectivity index (χ1) is 11.7. The van der Waals surface area contributed by atoms with Crippen molar-refractivity contribution in [3.05, 3.63) is 59.9 Å². The van der Waals surface area contributed by atoms with Gasteiger partial charge < -0.3 is 0 Å². The highest BCUT2D eigenvalue weighted by Crippen LogP contribution is 2.33. The summed E-state index contributed by atoms with van der Waals surface area (Å²) in [6.07, 6.45) is -1.65. The molecule has 136 valence electrons. The van der Waals surface area contributed by atoms with Gasteiger partial charge in [0.2, 0.25) is 0 Å². The minimum Gasteiger partial charge on any atom is -0.265 e. The standard InChI is InChI=1S/C15H13BrClF3N2O2S/c16-9-14(17)25(23,24)22(10-11-4-6-21-7-5-11)13-3-1-2-12(8-13)15(18,19)20/h1-8,14H,9-10H2. The minimum absolute atomic E-state index is 0.0668. The molecular weight excluding hydrogens is 445 g/mol. The summed E-state index contributed by atoms with van der Waals surface area (Å²) in [5.74, 6) is 0. The molecule has 0 bridgehead atoms. The second-order valence-corrected chi connectivity index (χ2v) is 8.49. The molecule has 0 aliphatic heterocycles. The molecule has 0 N–H and O–H groups in total. The molecule has 2 aromatic rings. The van der Waals surface area contributed by atoms with E-state index < -0.39 is 26.5 Å². The van der Waals surface area contributed by atoms with E-state index in [-0.39, 0.29) is 17.6 Å². The molecule has 0 saturated carbocycles. The van der Waals surface area contributed by atoms with Crippen molar-refractivity contribution in [2.45, 2.75) is 17.4 Å². The van der Waals surface area contributed by atoms with Gasteiger partial charge in [0.1, 0.15) is 0 Å². The predicted molar refractivity (Wildman–Crippen MR) is 94.2 cm³/mol. The van der Waals surface area contributed by atoms with Gasteiger partial charge in [-0.1, -0.05) is 22.0 Å². The van der Waals surface area contributed by atoms with Gasteiger partial charge in [-0.25, -0.2) is 8.42 Å². The Bertz CT molecular complexity index is 819. The summed E-state index contributed by atoms with van der Waals surface area (Å²) >= 11 is 8.88. The van der Waals surface area contributed by atoms with E-state index in [1.54, 1.807) is 12.1 Å². The fourth-order valence-corrected chi connectivity index (χ4v) is 4.50. The van der Waals surface area contributed by atoms with Crippen LogP contribution in [0.4, 0.5) is 18.9 Å². The van der Waals surface area contributed by atoms with Gasteiger partial charge in [-0.05, 0) is 35.9 Å². The molecule has 10 heteroatoms. The first kappa shape index (κ1) is 20.0. The fraction of sp³-hybridized carbons (Fsp3) is 0.267. The van der Waals surface area contributed by atoms with Crippen molar-refractivity contribution in [1.29, 1.82) is 0 Å². The molecule has 1 aromatic carbocycles. The monoisotopic (exact) mass is 456 g/mol. The molecule has 2 rings (SSSR count). The number of pyridine rings is 1. The van der Waals surface area contributed by atoms with Crippen molar-refractivity contribution in [2.75, 3.05) is 9.64 Å². The van der Waals surface area contributed by atoms with Gasteiger partial charge in [0.05, 0.1) is 17.8 Å². The van der Waals surface area contributed by atoms with E-state index in [2.05, 4.69) is 20.9 Å². The minimum atomic E-state index is -4.59. The molecule has 1 unspecified atom stereocenters. The van der Waals surface area contributed by atoms with Crippen molar-refractivity contribution in [3.8, 4) is 0 Å². The average Bonchev–Trinajstić information content (AvgIpc) is 2.59. The van der Waals surface area contributed by atoms with E-state index in [1.807, 2.05) is 0 Å². The van der Waals surface area contributed by atoms with Gasteiger partial charge in [-0.2, -0.15) is 13.2 Å². The van der Waals surface area contributed by atoms with Gasteiger partial charge in [0, 0.05) is 17.7 Å². The number of hydrogen-bond acceptors (Lipinski definition) is 3. The Hall–Kier alpha value is -1.32. The third kappa shape index (κ3) is 4.86. The summed E-state index contributed by atoms with van der Waals surface area (Å²) in [5, 5.41) is -0.0668. The van der Waals surface area contributed by atoms with Crippen molar-refractivity contribution >= 4 is 43.2 Å². The zero-order chi connectivity index (χ0) is 18.7. The van der Waals surface area contributed by atoms with Crippen molar-refractivity contribution in [3.63, 3.8) is 0 Å². The molecule has 0 amide bonds. The predicted octanol–water partition coefficient (Wildman–Crippen LogP) is 4.40. The quantitative estimate of drug-likeness (QED) is 0.604. The maximum atomic E-state index is 13.0. The fourth-order valence-electron chi connectivity index (χ4n) is 2.04. The maximum absolute atomic E-state index is 13.0. The van der Waals surface area contributed by atoms with E-state index in [0.717, 1.165) is 22.5 Å². The molecule has 0 spiro atoms. The van der Waals surface area contributed by atoms with Gasteiger partial charge >= 0.3 is 6.18 Å². The van der Waals surface area contributed by atoms with Crippen LogP contribution < -0.4 is 4.31 Å². The second kappa shape index (κ2) is 7.92. The summed E-state index contributed by atoms with van der Waals surface area (Å²) in [6, 6.07) is 7.28. The molecule has 0 fully saturated rings. The van der Waals surface area contributed by atoms with E-state index in [9.17, 15) is 21.6 Å². The first-order valence-corrected chi connectivity index (χ1v) is 10.00. The number of halogens is 5. The third-order valence-corrected chi connectivity index (χ3v) is 7.33. The Morgan fingerprint density at radius 3 is 2.40 bits per heavy atom. The van der Waals surface area contributed by atoms with Crippen molar-refractivity contribution < 1.29 is 21.6 Å². The Kier molecular flexibility index (Phi) is 6.34. The molecule has 4 nitrogen and oxygen atoms in total. The van der Waals surface area contributed by atoms with Crippen LogP contribution in [0.15, 0.2) is 48.8 Å². The van der Waals surface area contributed by atoms with Crippen LogP contribution in [0.3, 0.4) is 0 Å². The third-order valence-electron chi connectivity index (χ3n) is 3.29. The number of aromatic nitrogens is 1. The molecule has 1 aromatic heterocycles. The lowest BCUT2D eigenvalue weighted by molar-refractivity contribution is -0.137. The lowest BCUT2D eigenvalue weighted by Crippen LogP contribution is -2.37. The summed E-state index contributed by atoms with van der Waals surface area (Å²) in [7, 11) is -4.10. The van der Waals surface area contributed by atoms with Gasteiger partial charge in [-0.3, -0.25) is 9.29 Å². The van der Waals surface area contributed by atoms with Gasteiger partial charge in [0.15, 0.2) is 4.71 Å². The SMILES string of the molecule is O=S(=O)(C(Cl)CBr)N(Cc1ccncc1)c1cccc(C(F)(F)F)c1. The van der Waals surface area contributed by atoms with Crippen molar-refractivity contribution in [2.24, 2.45) is 0 Å². The number of alkyl halides is 5. The largest absolute Gasteiger partial charge is 0.416 e.